The Kier molecular flexibility index (Phi) is 4.46. The SMILES string of the molecule is C=CCC[N-]C. The summed E-state index contributed by atoms with van der Waals surface area (Å²) in [5.74, 6) is 0. The first-order valence-electron chi connectivity index (χ1n) is 2.08. The molecule has 0 aliphatic heterocycles. The molecular weight excluding hydrogens is 74.1 g/mol. The fraction of sp³-hybridized carbons (Fsp3) is 0.600. The summed E-state index contributed by atoms with van der Waals surface area (Å²) in [5, 5.41) is 3.85. The van der Waals surface area contributed by atoms with Crippen molar-refractivity contribution in [1.29, 1.82) is 0 Å². The largest absolute Gasteiger partial charge is 0.665 e. The molecule has 0 saturated heterocycles. The van der Waals surface area contributed by atoms with Crippen molar-refractivity contribution in [2.24, 2.45) is 0 Å². The van der Waals surface area contributed by atoms with Crippen molar-refractivity contribution in [2.45, 2.75) is 6.42 Å². The molecule has 6 heavy (non-hydrogen) atoms. The molecule has 0 fully saturated rings. The van der Waals surface area contributed by atoms with E-state index in [1.807, 2.05) is 13.1 Å². The van der Waals surface area contributed by atoms with Crippen LogP contribution in [0.2, 0.25) is 0 Å². The van der Waals surface area contributed by atoms with Gasteiger partial charge in [-0.2, -0.15) is 7.05 Å². The van der Waals surface area contributed by atoms with Gasteiger partial charge in [0.15, 0.2) is 0 Å². The van der Waals surface area contributed by atoms with E-state index in [0.29, 0.717) is 0 Å². The second-order valence-electron chi connectivity index (χ2n) is 1.12. The molecule has 0 aromatic rings. The summed E-state index contributed by atoms with van der Waals surface area (Å²) < 4.78 is 0. The smallest absolute Gasteiger partial charge is 0.0543 e. The van der Waals surface area contributed by atoms with Crippen LogP contribution in [0.25, 0.3) is 5.32 Å². The van der Waals surface area contributed by atoms with E-state index in [1.165, 1.54) is 0 Å². The first-order valence-corrected chi connectivity index (χ1v) is 2.08. The molecule has 0 atom stereocenters. The van der Waals surface area contributed by atoms with E-state index in [2.05, 4.69) is 11.9 Å². The van der Waals surface area contributed by atoms with Crippen LogP contribution in [0.3, 0.4) is 0 Å². The van der Waals surface area contributed by atoms with E-state index in [9.17, 15) is 0 Å². The van der Waals surface area contributed by atoms with Crippen molar-refractivity contribution in [1.82, 2.24) is 0 Å². The van der Waals surface area contributed by atoms with Gasteiger partial charge in [-0.3, -0.25) is 0 Å². The monoisotopic (exact) mass is 84.1 g/mol. The molecule has 0 aliphatic rings. The van der Waals surface area contributed by atoms with Gasteiger partial charge in [-0.1, -0.05) is 12.5 Å². The number of hydrogen-bond donors (Lipinski definition) is 0. The van der Waals surface area contributed by atoms with Crippen molar-refractivity contribution in [3.05, 3.63) is 18.0 Å². The van der Waals surface area contributed by atoms with E-state index >= 15 is 0 Å². The molecule has 0 saturated carbocycles. The van der Waals surface area contributed by atoms with Gasteiger partial charge < -0.3 is 5.32 Å². The highest BCUT2D eigenvalue weighted by atomic mass is 14.8. The molecule has 0 spiro atoms. The zero-order chi connectivity index (χ0) is 4.83. The molecule has 1 heteroatoms. The summed E-state index contributed by atoms with van der Waals surface area (Å²) >= 11 is 0. The normalized spacial score (nSPS) is 8.17. The molecule has 0 aromatic heterocycles. The Morgan fingerprint density at radius 2 is 2.50 bits per heavy atom. The van der Waals surface area contributed by atoms with Gasteiger partial charge in [-0.05, 0) is 0 Å². The Hall–Kier alpha value is -0.300. The van der Waals surface area contributed by atoms with Crippen LogP contribution in [0.15, 0.2) is 12.7 Å². The fourth-order valence-corrected chi connectivity index (χ4v) is 0.220. The van der Waals surface area contributed by atoms with Gasteiger partial charge in [0.05, 0.1) is 0 Å². The molecule has 0 amide bonds. The first-order chi connectivity index (χ1) is 2.91. The second-order valence-corrected chi connectivity index (χ2v) is 1.12. The molecule has 0 N–H and O–H groups in total. The summed E-state index contributed by atoms with van der Waals surface area (Å²) in [6, 6.07) is 0. The quantitative estimate of drug-likeness (QED) is 0.364. The van der Waals surface area contributed by atoms with Crippen molar-refractivity contribution in [3.8, 4) is 0 Å². The Balaban J connectivity index is 2.49. The zero-order valence-electron chi connectivity index (χ0n) is 4.15. The van der Waals surface area contributed by atoms with Gasteiger partial charge in [0.25, 0.3) is 0 Å². The molecule has 0 aliphatic carbocycles. The average Bonchev–Trinajstić information content (AvgIpc) is 1.61. The average molecular weight is 84.1 g/mol. The molecular formula is C5H10N-. The molecule has 0 heterocycles. The van der Waals surface area contributed by atoms with Crippen LogP contribution in [-0.2, 0) is 0 Å². The summed E-state index contributed by atoms with van der Waals surface area (Å²) in [7, 11) is 1.81. The van der Waals surface area contributed by atoms with E-state index in [0.717, 1.165) is 13.0 Å². The van der Waals surface area contributed by atoms with Gasteiger partial charge in [0.1, 0.15) is 0 Å². The molecule has 0 rings (SSSR count). The van der Waals surface area contributed by atoms with Crippen LogP contribution in [-0.4, -0.2) is 13.6 Å². The van der Waals surface area contributed by atoms with E-state index in [1.54, 1.807) is 0 Å². The maximum atomic E-state index is 3.85. The molecule has 36 valence electrons. The van der Waals surface area contributed by atoms with Gasteiger partial charge in [0, 0.05) is 0 Å². The Morgan fingerprint density at radius 1 is 1.83 bits per heavy atom. The molecule has 0 aromatic carbocycles. The van der Waals surface area contributed by atoms with Crippen molar-refractivity contribution < 1.29 is 0 Å². The maximum Gasteiger partial charge on any atom is -0.0543 e. The molecule has 0 unspecified atom stereocenters. The van der Waals surface area contributed by atoms with Crippen LogP contribution in [0.1, 0.15) is 6.42 Å². The Morgan fingerprint density at radius 3 is 2.67 bits per heavy atom. The van der Waals surface area contributed by atoms with Crippen molar-refractivity contribution in [2.75, 3.05) is 13.6 Å². The minimum atomic E-state index is 0.920. The van der Waals surface area contributed by atoms with E-state index in [4.69, 9.17) is 0 Å². The summed E-state index contributed by atoms with van der Waals surface area (Å²) in [4.78, 5) is 0. The first kappa shape index (κ1) is 5.70. The maximum absolute atomic E-state index is 3.85. The van der Waals surface area contributed by atoms with Gasteiger partial charge in [-0.25, -0.2) is 0 Å². The zero-order valence-corrected chi connectivity index (χ0v) is 4.15. The van der Waals surface area contributed by atoms with Crippen LogP contribution < -0.4 is 0 Å². The predicted octanol–water partition coefficient (Wildman–Crippen LogP) is 1.57. The van der Waals surface area contributed by atoms with Crippen LogP contribution in [0, 0.1) is 0 Å². The van der Waals surface area contributed by atoms with Gasteiger partial charge >= 0.3 is 0 Å². The van der Waals surface area contributed by atoms with E-state index < -0.39 is 0 Å². The summed E-state index contributed by atoms with van der Waals surface area (Å²) in [6.45, 7) is 4.46. The lowest BCUT2D eigenvalue weighted by atomic mass is 10.4. The summed E-state index contributed by atoms with van der Waals surface area (Å²) in [5.41, 5.74) is 0. The van der Waals surface area contributed by atoms with Gasteiger partial charge in [-0.15, -0.1) is 13.1 Å². The van der Waals surface area contributed by atoms with Crippen molar-refractivity contribution in [3.63, 3.8) is 0 Å². The van der Waals surface area contributed by atoms with Crippen LogP contribution in [0.4, 0.5) is 0 Å². The highest BCUT2D eigenvalue weighted by Crippen LogP contribution is 1.82. The lowest BCUT2D eigenvalue weighted by Gasteiger charge is -2.04. The number of rotatable bonds is 3. The molecule has 0 bridgehead atoms. The topological polar surface area (TPSA) is 14.1 Å². The van der Waals surface area contributed by atoms with Gasteiger partial charge in [0.2, 0.25) is 0 Å². The standard InChI is InChI=1S/C5H10N/c1-3-4-5-6-2/h3H,1,4-5H2,2H3/q-1. The minimum Gasteiger partial charge on any atom is -0.665 e. The lowest BCUT2D eigenvalue weighted by Crippen LogP contribution is -1.73. The predicted molar refractivity (Wildman–Crippen MR) is 29.0 cm³/mol. The Labute approximate surface area is 39.1 Å². The number of nitrogens with zero attached hydrogens (tertiary/aromatic N) is 1. The molecule has 1 nitrogen and oxygen atoms in total. The Bertz CT molecular complexity index is 32.9. The third-order valence-corrected chi connectivity index (χ3v) is 0.557. The summed E-state index contributed by atoms with van der Waals surface area (Å²) in [6.07, 6.45) is 2.88. The fourth-order valence-electron chi connectivity index (χ4n) is 0.220. The number of hydrogen-bond acceptors (Lipinski definition) is 0. The van der Waals surface area contributed by atoms with Crippen molar-refractivity contribution >= 4 is 0 Å². The highest BCUT2D eigenvalue weighted by molar-refractivity contribution is 4.77. The van der Waals surface area contributed by atoms with Crippen LogP contribution in [0.5, 0.6) is 0 Å². The second kappa shape index (κ2) is 4.70. The van der Waals surface area contributed by atoms with E-state index in [-0.39, 0.29) is 0 Å². The lowest BCUT2D eigenvalue weighted by molar-refractivity contribution is 1.10. The van der Waals surface area contributed by atoms with Crippen LogP contribution >= 0.6 is 0 Å². The third kappa shape index (κ3) is 3.70. The molecule has 0 radical (unpaired) electrons. The minimum absolute atomic E-state index is 0.920. The highest BCUT2D eigenvalue weighted by Gasteiger charge is 1.58. The third-order valence-electron chi connectivity index (χ3n) is 0.557.